The zero-order chi connectivity index (χ0) is 11.4. The van der Waals surface area contributed by atoms with E-state index in [1.807, 2.05) is 13.0 Å². The van der Waals surface area contributed by atoms with Gasteiger partial charge in [0.15, 0.2) is 6.10 Å². The molecule has 0 heterocycles. The normalized spacial score (nSPS) is 12.5. The highest BCUT2D eigenvalue weighted by Gasteiger charge is 2.17. The Kier molecular flexibility index (Phi) is 4.12. The minimum Gasteiger partial charge on any atom is -0.479 e. The third kappa shape index (κ3) is 3.22. The molecule has 0 aliphatic rings. The van der Waals surface area contributed by atoms with Crippen LogP contribution in [0.4, 0.5) is 0 Å². The van der Waals surface area contributed by atoms with E-state index in [-0.39, 0.29) is 0 Å². The molecular weight excluding hydrogens is 216 g/mol. The van der Waals surface area contributed by atoms with Crippen LogP contribution in [0.15, 0.2) is 18.2 Å². The Hall–Kier alpha value is -1.06. The van der Waals surface area contributed by atoms with E-state index in [4.69, 9.17) is 21.4 Å². The number of carboxylic acids is 1. The largest absolute Gasteiger partial charge is 0.479 e. The summed E-state index contributed by atoms with van der Waals surface area (Å²) in [5, 5.41) is 9.44. The summed E-state index contributed by atoms with van der Waals surface area (Å²) in [5.41, 5.74) is 1.92. The Bertz CT molecular complexity index is 363. The van der Waals surface area contributed by atoms with Crippen molar-refractivity contribution in [2.75, 3.05) is 7.11 Å². The second kappa shape index (κ2) is 5.14. The highest BCUT2D eigenvalue weighted by Crippen LogP contribution is 2.17. The van der Waals surface area contributed by atoms with Gasteiger partial charge in [-0.2, -0.15) is 0 Å². The summed E-state index contributed by atoms with van der Waals surface area (Å²) < 4.78 is 4.87. The number of rotatable bonds is 4. The van der Waals surface area contributed by atoms with Crippen LogP contribution in [0, 0.1) is 6.92 Å². The van der Waals surface area contributed by atoms with Crippen molar-refractivity contribution in [1.82, 2.24) is 0 Å². The van der Waals surface area contributed by atoms with Gasteiger partial charge in [-0.25, -0.2) is 4.79 Å². The summed E-state index contributed by atoms with van der Waals surface area (Å²) in [7, 11) is 1.39. The first-order valence-electron chi connectivity index (χ1n) is 4.55. The number of aryl methyl sites for hydroxylation is 1. The van der Waals surface area contributed by atoms with Crippen molar-refractivity contribution in [2.45, 2.75) is 19.4 Å². The summed E-state index contributed by atoms with van der Waals surface area (Å²) in [6.07, 6.45) is -0.486. The summed E-state index contributed by atoms with van der Waals surface area (Å²) >= 11 is 5.83. The van der Waals surface area contributed by atoms with Gasteiger partial charge in [-0.15, -0.1) is 0 Å². The van der Waals surface area contributed by atoms with Gasteiger partial charge < -0.3 is 9.84 Å². The summed E-state index contributed by atoms with van der Waals surface area (Å²) in [6, 6.07) is 5.42. The number of hydrogen-bond acceptors (Lipinski definition) is 2. The molecular formula is C11H13ClO3. The van der Waals surface area contributed by atoms with Crippen LogP contribution in [0.3, 0.4) is 0 Å². The van der Waals surface area contributed by atoms with Crippen LogP contribution in [0.2, 0.25) is 5.02 Å². The number of carboxylic acid groups (broad SMARTS) is 1. The quantitative estimate of drug-likeness (QED) is 0.860. The number of carbonyl (C=O) groups is 1. The Morgan fingerprint density at radius 2 is 2.27 bits per heavy atom. The van der Waals surface area contributed by atoms with Crippen LogP contribution < -0.4 is 0 Å². The lowest BCUT2D eigenvalue weighted by atomic mass is 10.0. The van der Waals surface area contributed by atoms with Gasteiger partial charge in [0.25, 0.3) is 0 Å². The van der Waals surface area contributed by atoms with Crippen LogP contribution in [-0.4, -0.2) is 24.3 Å². The molecule has 0 fully saturated rings. The first-order chi connectivity index (χ1) is 7.04. The number of aliphatic carboxylic acids is 1. The van der Waals surface area contributed by atoms with E-state index in [0.717, 1.165) is 11.1 Å². The fraction of sp³-hybridized carbons (Fsp3) is 0.364. The first kappa shape index (κ1) is 12.0. The van der Waals surface area contributed by atoms with Crippen molar-refractivity contribution in [1.29, 1.82) is 0 Å². The zero-order valence-corrected chi connectivity index (χ0v) is 9.41. The Balaban J connectivity index is 2.87. The van der Waals surface area contributed by atoms with E-state index in [0.29, 0.717) is 11.4 Å². The van der Waals surface area contributed by atoms with Crippen LogP contribution >= 0.6 is 11.6 Å². The van der Waals surface area contributed by atoms with Crippen LogP contribution in [0.25, 0.3) is 0 Å². The van der Waals surface area contributed by atoms with E-state index < -0.39 is 12.1 Å². The standard InChI is InChI=1S/C11H13ClO3/c1-7-3-4-9(12)5-8(7)6-10(15-2)11(13)14/h3-5,10H,6H2,1-2H3,(H,13,14)/t10-/m1/s1. The number of ether oxygens (including phenoxy) is 1. The Morgan fingerprint density at radius 1 is 1.60 bits per heavy atom. The molecule has 0 saturated carbocycles. The SMILES string of the molecule is CO[C@H](Cc1cc(Cl)ccc1C)C(=O)O. The molecule has 1 aromatic carbocycles. The van der Waals surface area contributed by atoms with Crippen LogP contribution in [0.1, 0.15) is 11.1 Å². The summed E-state index contributed by atoms with van der Waals surface area (Å²) in [5.74, 6) is -0.961. The van der Waals surface area contributed by atoms with Gasteiger partial charge in [0, 0.05) is 18.6 Å². The second-order valence-corrected chi connectivity index (χ2v) is 3.77. The van der Waals surface area contributed by atoms with Crippen molar-refractivity contribution in [3.8, 4) is 0 Å². The van der Waals surface area contributed by atoms with Crippen molar-refractivity contribution < 1.29 is 14.6 Å². The minimum absolute atomic E-state index is 0.332. The second-order valence-electron chi connectivity index (χ2n) is 3.34. The van der Waals surface area contributed by atoms with Crippen molar-refractivity contribution in [3.63, 3.8) is 0 Å². The minimum atomic E-state index is -0.961. The molecule has 0 radical (unpaired) electrons. The molecule has 0 bridgehead atoms. The summed E-state index contributed by atoms with van der Waals surface area (Å²) in [4.78, 5) is 10.8. The molecule has 0 aromatic heterocycles. The van der Waals surface area contributed by atoms with Gasteiger partial charge in [-0.3, -0.25) is 0 Å². The van der Waals surface area contributed by atoms with Crippen LogP contribution in [-0.2, 0) is 16.0 Å². The molecule has 0 saturated heterocycles. The van der Waals surface area contributed by atoms with Gasteiger partial charge in [-0.05, 0) is 30.2 Å². The average molecular weight is 229 g/mol. The molecule has 0 spiro atoms. The topological polar surface area (TPSA) is 46.5 Å². The molecule has 15 heavy (non-hydrogen) atoms. The predicted molar refractivity (Wildman–Crippen MR) is 58.3 cm³/mol. The van der Waals surface area contributed by atoms with Gasteiger partial charge in [0.2, 0.25) is 0 Å². The van der Waals surface area contributed by atoms with Gasteiger partial charge in [-0.1, -0.05) is 17.7 Å². The maximum atomic E-state index is 10.8. The van der Waals surface area contributed by atoms with Gasteiger partial charge in [0.05, 0.1) is 0 Å². The van der Waals surface area contributed by atoms with E-state index >= 15 is 0 Å². The highest BCUT2D eigenvalue weighted by atomic mass is 35.5. The van der Waals surface area contributed by atoms with E-state index in [2.05, 4.69) is 0 Å². The molecule has 4 heteroatoms. The lowest BCUT2D eigenvalue weighted by Gasteiger charge is -2.12. The average Bonchev–Trinajstić information content (AvgIpc) is 2.18. The van der Waals surface area contributed by atoms with E-state index in [1.165, 1.54) is 7.11 Å². The predicted octanol–water partition coefficient (Wildman–Crippen LogP) is 2.29. The fourth-order valence-corrected chi connectivity index (χ4v) is 1.53. The van der Waals surface area contributed by atoms with Crippen molar-refractivity contribution in [3.05, 3.63) is 34.3 Å². The molecule has 1 aromatic rings. The smallest absolute Gasteiger partial charge is 0.333 e. The number of halogens is 1. The molecule has 1 N–H and O–H groups in total. The monoisotopic (exact) mass is 228 g/mol. The Labute approximate surface area is 93.6 Å². The van der Waals surface area contributed by atoms with Crippen molar-refractivity contribution in [2.24, 2.45) is 0 Å². The first-order valence-corrected chi connectivity index (χ1v) is 4.93. The molecule has 0 unspecified atom stereocenters. The maximum Gasteiger partial charge on any atom is 0.333 e. The molecule has 1 atom stereocenters. The molecule has 0 amide bonds. The van der Waals surface area contributed by atoms with Crippen LogP contribution in [0.5, 0.6) is 0 Å². The molecule has 82 valence electrons. The fourth-order valence-electron chi connectivity index (χ4n) is 1.33. The number of methoxy groups -OCH3 is 1. The third-order valence-electron chi connectivity index (χ3n) is 2.28. The molecule has 1 rings (SSSR count). The maximum absolute atomic E-state index is 10.8. The third-order valence-corrected chi connectivity index (χ3v) is 2.51. The van der Waals surface area contributed by atoms with E-state index in [9.17, 15) is 4.79 Å². The number of hydrogen-bond donors (Lipinski definition) is 1. The molecule has 0 aliphatic carbocycles. The zero-order valence-electron chi connectivity index (χ0n) is 8.66. The molecule has 0 aliphatic heterocycles. The van der Waals surface area contributed by atoms with Crippen molar-refractivity contribution >= 4 is 17.6 Å². The summed E-state index contributed by atoms with van der Waals surface area (Å²) in [6.45, 7) is 1.92. The lowest BCUT2D eigenvalue weighted by Crippen LogP contribution is -2.25. The highest BCUT2D eigenvalue weighted by molar-refractivity contribution is 6.30. The van der Waals surface area contributed by atoms with E-state index in [1.54, 1.807) is 12.1 Å². The van der Waals surface area contributed by atoms with Gasteiger partial charge >= 0.3 is 5.97 Å². The Morgan fingerprint density at radius 3 is 2.80 bits per heavy atom. The molecule has 3 nitrogen and oxygen atoms in total. The lowest BCUT2D eigenvalue weighted by molar-refractivity contribution is -0.148. The number of benzene rings is 1. The van der Waals surface area contributed by atoms with Gasteiger partial charge in [0.1, 0.15) is 0 Å².